The minimum absolute atomic E-state index is 0.265. The lowest BCUT2D eigenvalue weighted by atomic mass is 9.86. The fourth-order valence-electron chi connectivity index (χ4n) is 3.04. The molecule has 0 radical (unpaired) electrons. The van der Waals surface area contributed by atoms with Gasteiger partial charge in [-0.05, 0) is 49.5 Å². The minimum atomic E-state index is 0.265. The normalized spacial score (nSPS) is 23.2. The lowest BCUT2D eigenvalue weighted by Crippen LogP contribution is -2.20. The van der Waals surface area contributed by atoms with Gasteiger partial charge in [-0.15, -0.1) is 0 Å². The van der Waals surface area contributed by atoms with Crippen LogP contribution in [0.4, 0.5) is 5.69 Å². The van der Waals surface area contributed by atoms with Gasteiger partial charge in [-0.1, -0.05) is 17.7 Å². The Morgan fingerprint density at radius 2 is 1.89 bits per heavy atom. The van der Waals surface area contributed by atoms with E-state index >= 15 is 0 Å². The van der Waals surface area contributed by atoms with E-state index in [4.69, 9.17) is 0 Å². The van der Waals surface area contributed by atoms with E-state index < -0.39 is 0 Å². The van der Waals surface area contributed by atoms with Crippen LogP contribution in [-0.2, 0) is 4.79 Å². The molecule has 1 heterocycles. The van der Waals surface area contributed by atoms with Crippen LogP contribution in [0.1, 0.15) is 24.8 Å². The summed E-state index contributed by atoms with van der Waals surface area (Å²) in [5.41, 5.74) is 5.70. The zero-order chi connectivity index (χ0) is 12.5. The average Bonchev–Trinajstić information content (AvgIpc) is 2.82. The van der Waals surface area contributed by atoms with Crippen molar-refractivity contribution in [2.45, 2.75) is 26.2 Å². The first-order chi connectivity index (χ1) is 8.76. The molecule has 0 aromatic heterocycles. The molecular formula is C16H19NO. The zero-order valence-corrected chi connectivity index (χ0v) is 10.9. The van der Waals surface area contributed by atoms with Crippen LogP contribution in [0, 0.1) is 12.8 Å². The average molecular weight is 241 g/mol. The van der Waals surface area contributed by atoms with Gasteiger partial charge in [0.25, 0.3) is 0 Å². The molecule has 0 amide bonds. The topological polar surface area (TPSA) is 20.3 Å². The Labute approximate surface area is 108 Å². The first-order valence-electron chi connectivity index (χ1n) is 6.73. The molecule has 1 aromatic rings. The number of rotatable bonds is 2. The summed E-state index contributed by atoms with van der Waals surface area (Å²) < 4.78 is 0. The molecule has 2 aliphatic rings. The van der Waals surface area contributed by atoms with Crippen LogP contribution >= 0.6 is 0 Å². The Morgan fingerprint density at radius 3 is 2.61 bits per heavy atom. The largest absolute Gasteiger partial charge is 0.364 e. The fourth-order valence-corrected chi connectivity index (χ4v) is 3.04. The molecule has 1 aliphatic heterocycles. The SMILES string of the molecule is Cc1ccc(N2CC3=C(CC(C=O)CC3)C2)cc1. The highest BCUT2D eigenvalue weighted by Gasteiger charge is 2.28. The summed E-state index contributed by atoms with van der Waals surface area (Å²) in [6.45, 7) is 4.19. The van der Waals surface area contributed by atoms with Crippen molar-refractivity contribution in [1.29, 1.82) is 0 Å². The lowest BCUT2D eigenvalue weighted by molar-refractivity contribution is -0.111. The van der Waals surface area contributed by atoms with E-state index in [1.807, 2.05) is 0 Å². The van der Waals surface area contributed by atoms with Crippen LogP contribution in [0.25, 0.3) is 0 Å². The van der Waals surface area contributed by atoms with Gasteiger partial charge in [-0.2, -0.15) is 0 Å². The molecule has 1 atom stereocenters. The maximum atomic E-state index is 10.9. The number of benzene rings is 1. The van der Waals surface area contributed by atoms with Gasteiger partial charge in [0.2, 0.25) is 0 Å². The first-order valence-corrected chi connectivity index (χ1v) is 6.73. The van der Waals surface area contributed by atoms with Gasteiger partial charge in [-0.3, -0.25) is 0 Å². The summed E-state index contributed by atoms with van der Waals surface area (Å²) in [5.74, 6) is 0.265. The molecule has 3 rings (SSSR count). The second-order valence-corrected chi connectivity index (χ2v) is 5.54. The molecule has 0 saturated heterocycles. The quantitative estimate of drug-likeness (QED) is 0.585. The molecule has 0 fully saturated rings. The highest BCUT2D eigenvalue weighted by molar-refractivity contribution is 5.58. The van der Waals surface area contributed by atoms with Crippen LogP contribution in [0.5, 0.6) is 0 Å². The third kappa shape index (κ3) is 2.07. The van der Waals surface area contributed by atoms with Crippen LogP contribution in [-0.4, -0.2) is 19.4 Å². The van der Waals surface area contributed by atoms with E-state index in [9.17, 15) is 4.79 Å². The molecule has 0 spiro atoms. The Balaban J connectivity index is 1.74. The fraction of sp³-hybridized carbons (Fsp3) is 0.438. The van der Waals surface area contributed by atoms with Gasteiger partial charge in [0.15, 0.2) is 0 Å². The predicted molar refractivity (Wildman–Crippen MR) is 73.8 cm³/mol. The molecule has 2 heteroatoms. The Morgan fingerprint density at radius 1 is 1.17 bits per heavy atom. The highest BCUT2D eigenvalue weighted by Crippen LogP contribution is 2.35. The van der Waals surface area contributed by atoms with E-state index in [1.54, 1.807) is 5.57 Å². The lowest BCUT2D eigenvalue weighted by Gasteiger charge is -2.19. The van der Waals surface area contributed by atoms with Crippen molar-refractivity contribution >= 4 is 12.0 Å². The molecule has 1 unspecified atom stereocenters. The molecule has 1 aliphatic carbocycles. The van der Waals surface area contributed by atoms with Gasteiger partial charge in [0.05, 0.1) is 0 Å². The molecule has 1 aromatic carbocycles. The van der Waals surface area contributed by atoms with Crippen molar-refractivity contribution in [2.75, 3.05) is 18.0 Å². The monoisotopic (exact) mass is 241 g/mol. The van der Waals surface area contributed by atoms with Crippen molar-refractivity contribution in [3.05, 3.63) is 41.0 Å². The smallest absolute Gasteiger partial charge is 0.123 e. The third-order valence-corrected chi connectivity index (χ3v) is 4.18. The van der Waals surface area contributed by atoms with Crippen molar-refractivity contribution < 1.29 is 4.79 Å². The van der Waals surface area contributed by atoms with Gasteiger partial charge in [0, 0.05) is 24.7 Å². The number of hydrogen-bond donors (Lipinski definition) is 0. The van der Waals surface area contributed by atoms with Crippen molar-refractivity contribution in [3.63, 3.8) is 0 Å². The molecule has 0 N–H and O–H groups in total. The number of carbonyl (C=O) groups excluding carboxylic acids is 1. The Hall–Kier alpha value is -1.57. The molecule has 18 heavy (non-hydrogen) atoms. The second kappa shape index (κ2) is 4.60. The predicted octanol–water partition coefficient (Wildman–Crippen LogP) is 3.11. The summed E-state index contributed by atoms with van der Waals surface area (Å²) in [4.78, 5) is 13.3. The Kier molecular flexibility index (Phi) is 2.94. The van der Waals surface area contributed by atoms with E-state index in [2.05, 4.69) is 36.1 Å². The van der Waals surface area contributed by atoms with Crippen LogP contribution in [0.15, 0.2) is 35.4 Å². The zero-order valence-electron chi connectivity index (χ0n) is 10.9. The van der Waals surface area contributed by atoms with Crippen molar-refractivity contribution in [1.82, 2.24) is 0 Å². The van der Waals surface area contributed by atoms with E-state index in [0.717, 1.165) is 38.6 Å². The van der Waals surface area contributed by atoms with Gasteiger partial charge in [0.1, 0.15) is 6.29 Å². The van der Waals surface area contributed by atoms with Gasteiger partial charge >= 0.3 is 0 Å². The van der Waals surface area contributed by atoms with Crippen LogP contribution < -0.4 is 4.90 Å². The number of aryl methyl sites for hydroxylation is 1. The maximum absolute atomic E-state index is 10.9. The standard InChI is InChI=1S/C16H19NO/c1-12-2-6-16(7-3-12)17-9-14-5-4-13(11-18)8-15(14)10-17/h2-3,6-7,11,13H,4-5,8-10H2,1H3. The number of anilines is 1. The second-order valence-electron chi connectivity index (χ2n) is 5.54. The number of nitrogens with zero attached hydrogens (tertiary/aromatic N) is 1. The third-order valence-electron chi connectivity index (χ3n) is 4.18. The highest BCUT2D eigenvalue weighted by atomic mass is 16.1. The summed E-state index contributed by atoms with van der Waals surface area (Å²) in [5, 5.41) is 0. The number of hydrogen-bond acceptors (Lipinski definition) is 2. The van der Waals surface area contributed by atoms with Crippen LogP contribution in [0.2, 0.25) is 0 Å². The maximum Gasteiger partial charge on any atom is 0.123 e. The summed E-state index contributed by atoms with van der Waals surface area (Å²) in [6.07, 6.45) is 4.28. The first kappa shape index (κ1) is 11.5. The van der Waals surface area contributed by atoms with Gasteiger partial charge < -0.3 is 9.69 Å². The van der Waals surface area contributed by atoms with Crippen molar-refractivity contribution in [3.8, 4) is 0 Å². The van der Waals surface area contributed by atoms with E-state index in [1.165, 1.54) is 16.8 Å². The summed E-state index contributed by atoms with van der Waals surface area (Å²) in [7, 11) is 0. The molecular weight excluding hydrogens is 222 g/mol. The molecule has 0 bridgehead atoms. The van der Waals surface area contributed by atoms with E-state index in [0.29, 0.717) is 0 Å². The summed E-state index contributed by atoms with van der Waals surface area (Å²) >= 11 is 0. The molecule has 94 valence electrons. The van der Waals surface area contributed by atoms with E-state index in [-0.39, 0.29) is 5.92 Å². The van der Waals surface area contributed by atoms with Gasteiger partial charge in [-0.25, -0.2) is 0 Å². The van der Waals surface area contributed by atoms with Crippen molar-refractivity contribution in [2.24, 2.45) is 5.92 Å². The molecule has 2 nitrogen and oxygen atoms in total. The number of carbonyl (C=O) groups is 1. The molecule has 0 saturated carbocycles. The summed E-state index contributed by atoms with van der Waals surface area (Å²) in [6, 6.07) is 8.73. The Bertz CT molecular complexity index is 486. The van der Waals surface area contributed by atoms with Crippen LogP contribution in [0.3, 0.4) is 0 Å². The number of aldehydes is 1. The minimum Gasteiger partial charge on any atom is -0.364 e.